The van der Waals surface area contributed by atoms with E-state index in [-0.39, 0.29) is 0 Å². The second kappa shape index (κ2) is 5.75. The van der Waals surface area contributed by atoms with E-state index in [2.05, 4.69) is 34.6 Å². The van der Waals surface area contributed by atoms with E-state index in [1.165, 1.54) is 30.9 Å². The average molecular weight is 239 g/mol. The molecular weight excluding hydrogens is 218 g/mol. The van der Waals surface area contributed by atoms with Crippen molar-refractivity contribution in [1.82, 2.24) is 15.2 Å². The zero-order chi connectivity index (χ0) is 11.4. The van der Waals surface area contributed by atoms with Crippen molar-refractivity contribution in [2.45, 2.75) is 38.3 Å². The highest BCUT2D eigenvalue weighted by molar-refractivity contribution is 7.09. The molecule has 1 aliphatic heterocycles. The molecule has 1 unspecified atom stereocenters. The summed E-state index contributed by atoms with van der Waals surface area (Å²) in [6, 6.07) is 1.25. The van der Waals surface area contributed by atoms with Crippen molar-refractivity contribution >= 4 is 11.3 Å². The van der Waals surface area contributed by atoms with Gasteiger partial charge in [0.1, 0.15) is 5.01 Å². The molecule has 4 heteroatoms. The van der Waals surface area contributed by atoms with Gasteiger partial charge in [-0.25, -0.2) is 4.98 Å². The van der Waals surface area contributed by atoms with Gasteiger partial charge in [-0.2, -0.15) is 0 Å². The lowest BCUT2D eigenvalue weighted by Crippen LogP contribution is -2.42. The van der Waals surface area contributed by atoms with Crippen molar-refractivity contribution in [3.63, 3.8) is 0 Å². The Kier molecular flexibility index (Phi) is 4.32. The monoisotopic (exact) mass is 239 g/mol. The van der Waals surface area contributed by atoms with Crippen LogP contribution >= 0.6 is 11.3 Å². The van der Waals surface area contributed by atoms with Crippen LogP contribution < -0.4 is 5.32 Å². The molecule has 0 aromatic carbocycles. The molecule has 1 saturated heterocycles. The molecular formula is C12H21N3S. The van der Waals surface area contributed by atoms with Gasteiger partial charge in [0.05, 0.1) is 6.04 Å². The highest BCUT2D eigenvalue weighted by atomic mass is 32.1. The summed E-state index contributed by atoms with van der Waals surface area (Å²) in [5, 5.41) is 6.74. The second-order valence-corrected chi connectivity index (χ2v) is 5.32. The van der Waals surface area contributed by atoms with E-state index >= 15 is 0 Å². The second-order valence-electron chi connectivity index (χ2n) is 4.39. The third-order valence-electron chi connectivity index (χ3n) is 3.50. The predicted octanol–water partition coefficient (Wildman–Crippen LogP) is 2.28. The maximum absolute atomic E-state index is 4.46. The first-order chi connectivity index (χ1) is 7.85. The molecule has 1 fully saturated rings. The Labute approximate surface area is 102 Å². The van der Waals surface area contributed by atoms with Gasteiger partial charge in [0, 0.05) is 30.7 Å². The smallest absolute Gasteiger partial charge is 0.110 e. The van der Waals surface area contributed by atoms with Crippen LogP contribution in [-0.2, 0) is 0 Å². The molecule has 1 aromatic heterocycles. The SMILES string of the molecule is CCC(c1nccs1)N1CCC(NC)CC1. The van der Waals surface area contributed by atoms with Gasteiger partial charge in [0.2, 0.25) is 0 Å². The summed E-state index contributed by atoms with van der Waals surface area (Å²) >= 11 is 1.79. The van der Waals surface area contributed by atoms with E-state index in [1.54, 1.807) is 11.3 Å². The molecule has 0 aliphatic carbocycles. The van der Waals surface area contributed by atoms with E-state index in [4.69, 9.17) is 0 Å². The maximum atomic E-state index is 4.46. The number of likely N-dealkylation sites (tertiary alicyclic amines) is 1. The minimum atomic E-state index is 0.540. The highest BCUT2D eigenvalue weighted by Crippen LogP contribution is 2.28. The molecule has 2 heterocycles. The Hall–Kier alpha value is -0.450. The number of hydrogen-bond acceptors (Lipinski definition) is 4. The molecule has 0 spiro atoms. The van der Waals surface area contributed by atoms with Crippen LogP contribution in [0.5, 0.6) is 0 Å². The molecule has 0 radical (unpaired) electrons. The minimum Gasteiger partial charge on any atom is -0.317 e. The standard InChI is InChI=1S/C12H21N3S/c1-3-11(12-14-6-9-16-12)15-7-4-10(13-2)5-8-15/h6,9-11,13H,3-5,7-8H2,1-2H3. The zero-order valence-electron chi connectivity index (χ0n) is 10.1. The lowest BCUT2D eigenvalue weighted by molar-refractivity contribution is 0.141. The van der Waals surface area contributed by atoms with Crippen LogP contribution in [0.3, 0.4) is 0 Å². The van der Waals surface area contributed by atoms with Crippen LogP contribution in [0.2, 0.25) is 0 Å². The zero-order valence-corrected chi connectivity index (χ0v) is 11.0. The van der Waals surface area contributed by atoms with Crippen LogP contribution in [0.4, 0.5) is 0 Å². The molecule has 0 bridgehead atoms. The number of nitrogens with one attached hydrogen (secondary N) is 1. The first-order valence-electron chi connectivity index (χ1n) is 6.15. The molecule has 16 heavy (non-hydrogen) atoms. The molecule has 0 saturated carbocycles. The van der Waals surface area contributed by atoms with Crippen LogP contribution in [0.25, 0.3) is 0 Å². The fourth-order valence-corrected chi connectivity index (χ4v) is 3.34. The van der Waals surface area contributed by atoms with Crippen molar-refractivity contribution in [3.8, 4) is 0 Å². The van der Waals surface area contributed by atoms with E-state index < -0.39 is 0 Å². The average Bonchev–Trinajstić information content (AvgIpc) is 2.85. The quantitative estimate of drug-likeness (QED) is 0.873. The number of piperidine rings is 1. The van der Waals surface area contributed by atoms with E-state index in [9.17, 15) is 0 Å². The van der Waals surface area contributed by atoms with Gasteiger partial charge in [-0.15, -0.1) is 11.3 Å². The van der Waals surface area contributed by atoms with Gasteiger partial charge in [-0.3, -0.25) is 4.90 Å². The van der Waals surface area contributed by atoms with Gasteiger partial charge in [0.15, 0.2) is 0 Å². The number of rotatable bonds is 4. The van der Waals surface area contributed by atoms with E-state index in [1.807, 2.05) is 6.20 Å². The third-order valence-corrected chi connectivity index (χ3v) is 4.38. The van der Waals surface area contributed by atoms with Gasteiger partial charge >= 0.3 is 0 Å². The normalized spacial score (nSPS) is 21.1. The highest BCUT2D eigenvalue weighted by Gasteiger charge is 2.25. The summed E-state index contributed by atoms with van der Waals surface area (Å²) in [5.41, 5.74) is 0. The molecule has 1 aromatic rings. The van der Waals surface area contributed by atoms with Gasteiger partial charge < -0.3 is 5.32 Å². The fourth-order valence-electron chi connectivity index (χ4n) is 2.49. The summed E-state index contributed by atoms with van der Waals surface area (Å²) in [6.45, 7) is 4.66. The molecule has 1 atom stereocenters. The Morgan fingerprint density at radius 3 is 2.81 bits per heavy atom. The minimum absolute atomic E-state index is 0.540. The Morgan fingerprint density at radius 2 is 2.31 bits per heavy atom. The summed E-state index contributed by atoms with van der Waals surface area (Å²) in [6.07, 6.45) is 5.61. The van der Waals surface area contributed by atoms with Gasteiger partial charge in [0.25, 0.3) is 0 Å². The molecule has 1 aliphatic rings. The summed E-state index contributed by atoms with van der Waals surface area (Å²) in [7, 11) is 2.07. The van der Waals surface area contributed by atoms with Crippen LogP contribution in [0.15, 0.2) is 11.6 Å². The van der Waals surface area contributed by atoms with Crippen molar-refractivity contribution < 1.29 is 0 Å². The van der Waals surface area contributed by atoms with Crippen molar-refractivity contribution in [1.29, 1.82) is 0 Å². The van der Waals surface area contributed by atoms with Crippen molar-refractivity contribution in [3.05, 3.63) is 16.6 Å². The first-order valence-corrected chi connectivity index (χ1v) is 7.03. The molecule has 2 rings (SSSR count). The first kappa shape index (κ1) is 12.0. The summed E-state index contributed by atoms with van der Waals surface area (Å²) in [4.78, 5) is 7.05. The Balaban J connectivity index is 1.96. The lowest BCUT2D eigenvalue weighted by atomic mass is 10.0. The lowest BCUT2D eigenvalue weighted by Gasteiger charge is -2.36. The molecule has 1 N–H and O–H groups in total. The van der Waals surface area contributed by atoms with Crippen LogP contribution in [0.1, 0.15) is 37.2 Å². The third kappa shape index (κ3) is 2.62. The summed E-state index contributed by atoms with van der Waals surface area (Å²) < 4.78 is 0. The maximum Gasteiger partial charge on any atom is 0.110 e. The molecule has 3 nitrogen and oxygen atoms in total. The summed E-state index contributed by atoms with van der Waals surface area (Å²) in [5.74, 6) is 0. The molecule has 0 amide bonds. The van der Waals surface area contributed by atoms with Crippen LogP contribution in [0, 0.1) is 0 Å². The number of nitrogens with zero attached hydrogens (tertiary/aromatic N) is 2. The fraction of sp³-hybridized carbons (Fsp3) is 0.750. The van der Waals surface area contributed by atoms with Gasteiger partial charge in [-0.05, 0) is 26.3 Å². The Morgan fingerprint density at radius 1 is 1.56 bits per heavy atom. The van der Waals surface area contributed by atoms with Crippen molar-refractivity contribution in [2.75, 3.05) is 20.1 Å². The topological polar surface area (TPSA) is 28.2 Å². The predicted molar refractivity (Wildman–Crippen MR) is 68.8 cm³/mol. The van der Waals surface area contributed by atoms with Crippen LogP contribution in [-0.4, -0.2) is 36.1 Å². The van der Waals surface area contributed by atoms with Gasteiger partial charge in [-0.1, -0.05) is 6.92 Å². The number of thiazole rings is 1. The molecule has 90 valence electrons. The Bertz CT molecular complexity index is 291. The van der Waals surface area contributed by atoms with Crippen molar-refractivity contribution in [2.24, 2.45) is 0 Å². The largest absolute Gasteiger partial charge is 0.317 e. The number of hydrogen-bond donors (Lipinski definition) is 1. The van der Waals surface area contributed by atoms with E-state index in [0.717, 1.165) is 6.42 Å². The van der Waals surface area contributed by atoms with E-state index in [0.29, 0.717) is 12.1 Å². The number of aromatic nitrogens is 1.